The van der Waals surface area contributed by atoms with Gasteiger partial charge in [0.05, 0.1) is 5.25 Å². The van der Waals surface area contributed by atoms with Gasteiger partial charge in [-0.05, 0) is 44.0 Å². The van der Waals surface area contributed by atoms with E-state index < -0.39 is 0 Å². The number of thioether (sulfide) groups is 1. The maximum absolute atomic E-state index is 12.5. The number of rotatable bonds is 8. The summed E-state index contributed by atoms with van der Waals surface area (Å²) in [5, 5.41) is 2.91. The molecule has 7 heteroatoms. The van der Waals surface area contributed by atoms with Gasteiger partial charge in [0.25, 0.3) is 5.56 Å². The second-order valence-corrected chi connectivity index (χ2v) is 7.12. The number of aromatic nitrogens is 2. The van der Waals surface area contributed by atoms with Crippen LogP contribution in [0, 0.1) is 0 Å². The zero-order chi connectivity index (χ0) is 19.1. The topological polar surface area (TPSA) is 91.9 Å². The number of hydrogen-bond donors (Lipinski definition) is 2. The van der Waals surface area contributed by atoms with Gasteiger partial charge in [-0.2, -0.15) is 0 Å². The van der Waals surface area contributed by atoms with Gasteiger partial charge in [-0.1, -0.05) is 32.0 Å². The molecule has 1 aromatic heterocycles. The Balaban J connectivity index is 2.09. The van der Waals surface area contributed by atoms with Crippen molar-refractivity contribution in [1.82, 2.24) is 9.97 Å². The fraction of sp³-hybridized carbons (Fsp3) is 0.368. The Morgan fingerprint density at radius 3 is 2.50 bits per heavy atom. The number of nitrogens with zero attached hydrogens (tertiary/aromatic N) is 1. The Kier molecular flexibility index (Phi) is 7.15. The molecule has 1 aromatic carbocycles. The fourth-order valence-corrected chi connectivity index (χ4v) is 3.32. The van der Waals surface area contributed by atoms with Crippen LogP contribution in [0.2, 0.25) is 0 Å². The van der Waals surface area contributed by atoms with Gasteiger partial charge >= 0.3 is 0 Å². The van der Waals surface area contributed by atoms with Crippen LogP contribution in [0.5, 0.6) is 0 Å². The first kappa shape index (κ1) is 19.9. The molecule has 0 saturated carbocycles. The van der Waals surface area contributed by atoms with Gasteiger partial charge in [0.1, 0.15) is 0 Å². The quantitative estimate of drug-likeness (QED) is 0.420. The van der Waals surface area contributed by atoms with Crippen molar-refractivity contribution in [2.45, 2.75) is 50.4 Å². The van der Waals surface area contributed by atoms with Gasteiger partial charge in [-0.3, -0.25) is 14.4 Å². The second-order valence-electron chi connectivity index (χ2n) is 5.93. The lowest BCUT2D eigenvalue weighted by Gasteiger charge is -2.14. The molecule has 1 heterocycles. The molecule has 26 heavy (non-hydrogen) atoms. The minimum absolute atomic E-state index is 0.0214. The first-order valence-electron chi connectivity index (χ1n) is 8.61. The highest BCUT2D eigenvalue weighted by Crippen LogP contribution is 2.23. The third kappa shape index (κ3) is 5.56. The largest absolute Gasteiger partial charge is 0.325 e. The van der Waals surface area contributed by atoms with E-state index in [4.69, 9.17) is 0 Å². The van der Waals surface area contributed by atoms with E-state index in [1.54, 1.807) is 24.3 Å². The van der Waals surface area contributed by atoms with Crippen molar-refractivity contribution in [3.63, 3.8) is 0 Å². The molecule has 138 valence electrons. The molecule has 0 aliphatic rings. The normalized spacial score (nSPS) is 11.8. The van der Waals surface area contributed by atoms with Gasteiger partial charge in [-0.15, -0.1) is 0 Å². The lowest BCUT2D eigenvalue weighted by molar-refractivity contribution is -0.115. The Morgan fingerprint density at radius 1 is 1.23 bits per heavy atom. The summed E-state index contributed by atoms with van der Waals surface area (Å²) in [6.07, 6.45) is 2.21. The highest BCUT2D eigenvalue weighted by atomic mass is 32.2. The summed E-state index contributed by atoms with van der Waals surface area (Å²) < 4.78 is 0. The summed E-state index contributed by atoms with van der Waals surface area (Å²) in [5.41, 5.74) is 1.74. The number of Topliss-reactive ketones (excluding diaryl/α,β-unsaturated/α-hetero) is 1. The number of anilines is 1. The molecule has 2 aromatic rings. The predicted molar refractivity (Wildman–Crippen MR) is 104 cm³/mol. The monoisotopic (exact) mass is 373 g/mol. The average Bonchev–Trinajstić information content (AvgIpc) is 2.60. The van der Waals surface area contributed by atoms with E-state index in [-0.39, 0.29) is 22.5 Å². The SMILES string of the molecule is CCCc1cc(=O)[nH]c(SC(CC)C(=O)Nc2ccc(C(C)=O)cc2)n1. The van der Waals surface area contributed by atoms with E-state index in [1.165, 1.54) is 24.8 Å². The van der Waals surface area contributed by atoms with E-state index in [2.05, 4.69) is 15.3 Å². The first-order chi connectivity index (χ1) is 12.4. The summed E-state index contributed by atoms with van der Waals surface area (Å²) >= 11 is 1.25. The van der Waals surface area contributed by atoms with Crippen LogP contribution in [0.3, 0.4) is 0 Å². The zero-order valence-corrected chi connectivity index (χ0v) is 16.0. The maximum atomic E-state index is 12.5. The number of amides is 1. The minimum atomic E-state index is -0.387. The summed E-state index contributed by atoms with van der Waals surface area (Å²) in [6.45, 7) is 5.43. The highest BCUT2D eigenvalue weighted by Gasteiger charge is 2.19. The number of carbonyl (C=O) groups is 2. The molecule has 0 aliphatic heterocycles. The van der Waals surface area contributed by atoms with Crippen molar-refractivity contribution in [3.8, 4) is 0 Å². The number of ketones is 1. The van der Waals surface area contributed by atoms with Gasteiger partial charge < -0.3 is 10.3 Å². The maximum Gasteiger partial charge on any atom is 0.251 e. The number of benzene rings is 1. The van der Waals surface area contributed by atoms with Crippen molar-refractivity contribution < 1.29 is 9.59 Å². The van der Waals surface area contributed by atoms with E-state index in [1.807, 2.05) is 13.8 Å². The fourth-order valence-electron chi connectivity index (χ4n) is 2.39. The van der Waals surface area contributed by atoms with E-state index in [0.717, 1.165) is 18.5 Å². The van der Waals surface area contributed by atoms with Crippen molar-refractivity contribution in [2.24, 2.45) is 0 Å². The van der Waals surface area contributed by atoms with Gasteiger partial charge in [0.2, 0.25) is 5.91 Å². The predicted octanol–water partition coefficient (Wildman–Crippen LogP) is 3.43. The molecule has 2 N–H and O–H groups in total. The summed E-state index contributed by atoms with van der Waals surface area (Å²) in [6, 6.07) is 8.26. The van der Waals surface area contributed by atoms with Crippen LogP contribution in [0.15, 0.2) is 40.3 Å². The van der Waals surface area contributed by atoms with E-state index in [0.29, 0.717) is 22.8 Å². The lowest BCUT2D eigenvalue weighted by atomic mass is 10.1. The second kappa shape index (κ2) is 9.33. The molecule has 0 saturated heterocycles. The molecule has 1 unspecified atom stereocenters. The van der Waals surface area contributed by atoms with Gasteiger partial charge in [-0.25, -0.2) is 4.98 Å². The van der Waals surface area contributed by atoms with Crippen LogP contribution in [0.4, 0.5) is 5.69 Å². The molecule has 0 spiro atoms. The van der Waals surface area contributed by atoms with Crippen LogP contribution < -0.4 is 10.9 Å². The zero-order valence-electron chi connectivity index (χ0n) is 15.2. The van der Waals surface area contributed by atoms with Crippen molar-refractivity contribution in [3.05, 3.63) is 51.9 Å². The van der Waals surface area contributed by atoms with Gasteiger partial charge in [0, 0.05) is 23.0 Å². The first-order valence-corrected chi connectivity index (χ1v) is 9.49. The van der Waals surface area contributed by atoms with Crippen LogP contribution >= 0.6 is 11.8 Å². The average molecular weight is 373 g/mol. The third-order valence-electron chi connectivity index (χ3n) is 3.76. The number of aromatic amines is 1. The highest BCUT2D eigenvalue weighted by molar-refractivity contribution is 8.00. The minimum Gasteiger partial charge on any atom is -0.325 e. The number of carbonyl (C=O) groups excluding carboxylic acids is 2. The summed E-state index contributed by atoms with van der Waals surface area (Å²) in [7, 11) is 0. The van der Waals surface area contributed by atoms with Crippen molar-refractivity contribution in [1.29, 1.82) is 0 Å². The molecule has 1 amide bonds. The van der Waals surface area contributed by atoms with Crippen molar-refractivity contribution in [2.75, 3.05) is 5.32 Å². The Labute approximate surface area is 156 Å². The number of nitrogens with one attached hydrogen (secondary N) is 2. The molecule has 1 atom stereocenters. The molecule has 0 aliphatic carbocycles. The standard InChI is InChI=1S/C19H23N3O3S/c1-4-6-15-11-17(24)22-19(21-15)26-16(5-2)18(25)20-14-9-7-13(8-10-14)12(3)23/h7-11,16H,4-6H2,1-3H3,(H,20,25)(H,21,22,24). The van der Waals surface area contributed by atoms with Gasteiger partial charge in [0.15, 0.2) is 10.9 Å². The van der Waals surface area contributed by atoms with Crippen LogP contribution in [0.25, 0.3) is 0 Å². The molecule has 0 bridgehead atoms. The van der Waals surface area contributed by atoms with Crippen LogP contribution in [-0.2, 0) is 11.2 Å². The number of H-pyrrole nitrogens is 1. The number of aryl methyl sites for hydroxylation is 1. The summed E-state index contributed by atoms with van der Waals surface area (Å²) in [4.78, 5) is 42.7. The lowest BCUT2D eigenvalue weighted by Crippen LogP contribution is -2.25. The molecule has 6 nitrogen and oxygen atoms in total. The van der Waals surface area contributed by atoms with E-state index in [9.17, 15) is 14.4 Å². The molecule has 0 radical (unpaired) electrons. The molecule has 2 rings (SSSR count). The van der Waals surface area contributed by atoms with Crippen molar-refractivity contribution >= 4 is 29.1 Å². The molecule has 0 fully saturated rings. The van der Waals surface area contributed by atoms with E-state index >= 15 is 0 Å². The third-order valence-corrected chi connectivity index (χ3v) is 5.00. The Hall–Kier alpha value is -2.41. The van der Waals surface area contributed by atoms with Crippen LogP contribution in [0.1, 0.15) is 49.7 Å². The molecular weight excluding hydrogens is 350 g/mol. The van der Waals surface area contributed by atoms with Crippen LogP contribution in [-0.4, -0.2) is 26.9 Å². The summed E-state index contributed by atoms with van der Waals surface area (Å²) in [5.74, 6) is -0.191. The molecular formula is C19H23N3O3S. The smallest absolute Gasteiger partial charge is 0.251 e. The number of hydrogen-bond acceptors (Lipinski definition) is 5. The Morgan fingerprint density at radius 2 is 1.92 bits per heavy atom. The Bertz CT molecular complexity index is 831.